The highest BCUT2D eigenvalue weighted by Crippen LogP contribution is 2.70. The molecule has 224 valence electrons. The molecule has 2 N–H and O–H groups in total. The molecule has 2 saturated carbocycles. The van der Waals surface area contributed by atoms with Crippen LogP contribution in [0.1, 0.15) is 73.7 Å². The number of ketones is 1. The number of aliphatic hydroxyl groups is 1. The molecule has 0 bridgehead atoms. The minimum absolute atomic E-state index is 0.0321. The van der Waals surface area contributed by atoms with Gasteiger partial charge >= 0.3 is 12.1 Å². The van der Waals surface area contributed by atoms with Crippen LogP contribution >= 0.6 is 0 Å². The number of hydrogen-bond donors (Lipinski definition) is 2. The molecule has 0 saturated heterocycles. The number of benzene rings is 1. The molecular formula is C31H37F5N2O3. The molecule has 1 amide bonds. The second-order valence-electron chi connectivity index (χ2n) is 12.6. The van der Waals surface area contributed by atoms with Crippen LogP contribution in [0.2, 0.25) is 0 Å². The first-order valence-electron chi connectivity index (χ1n) is 14.3. The van der Waals surface area contributed by atoms with Gasteiger partial charge in [0, 0.05) is 36.4 Å². The molecule has 5 rings (SSSR count). The fourth-order valence-electron chi connectivity index (χ4n) is 8.08. The Morgan fingerprint density at radius 3 is 2.39 bits per heavy atom. The van der Waals surface area contributed by atoms with E-state index in [0.717, 1.165) is 16.7 Å². The molecule has 0 heterocycles. The summed E-state index contributed by atoms with van der Waals surface area (Å²) in [6, 6.07) is 6.76. The second-order valence-corrected chi connectivity index (χ2v) is 12.6. The van der Waals surface area contributed by atoms with Crippen LogP contribution < -0.4 is 5.32 Å². The molecule has 0 aliphatic heterocycles. The molecule has 0 radical (unpaired) electrons. The molecule has 4 aliphatic rings. The van der Waals surface area contributed by atoms with Crippen molar-refractivity contribution in [3.63, 3.8) is 0 Å². The van der Waals surface area contributed by atoms with Gasteiger partial charge in [0.15, 0.2) is 5.78 Å². The van der Waals surface area contributed by atoms with E-state index in [-0.39, 0.29) is 30.4 Å². The van der Waals surface area contributed by atoms with E-state index >= 15 is 8.78 Å². The van der Waals surface area contributed by atoms with E-state index in [9.17, 15) is 27.9 Å². The maximum Gasteiger partial charge on any atom is 0.456 e. The fraction of sp³-hybridized carbons (Fsp3) is 0.613. The van der Waals surface area contributed by atoms with Crippen molar-refractivity contribution in [3.05, 3.63) is 58.2 Å². The predicted molar refractivity (Wildman–Crippen MR) is 144 cm³/mol. The van der Waals surface area contributed by atoms with Crippen LogP contribution in [-0.2, 0) is 4.79 Å². The predicted octanol–water partition coefficient (Wildman–Crippen LogP) is 5.81. The Morgan fingerprint density at radius 2 is 1.76 bits per heavy atom. The van der Waals surface area contributed by atoms with Crippen molar-refractivity contribution in [1.82, 2.24) is 10.2 Å². The Labute approximate surface area is 236 Å². The fourth-order valence-corrected chi connectivity index (χ4v) is 8.08. The third kappa shape index (κ3) is 4.75. The average molecular weight is 581 g/mol. The normalized spacial score (nSPS) is 31.9. The number of fused-ring (bicyclic) bond motifs is 4. The first-order chi connectivity index (χ1) is 19.1. The summed E-state index contributed by atoms with van der Waals surface area (Å²) in [6.45, 7) is 2.52. The SMILES string of the molecule is CN(C)CCNC(=O)c1ccc([C@H]2C[C@@]3(C)[C@@H](CC[C@@]3(O)C(F)(F)C(F)(F)F)[C@@H]3CCC4=CC(=O)CCC4=C32)cc1. The monoisotopic (exact) mass is 580 g/mol. The van der Waals surface area contributed by atoms with Gasteiger partial charge in [0.05, 0.1) is 0 Å². The van der Waals surface area contributed by atoms with Crippen LogP contribution in [0.5, 0.6) is 0 Å². The first-order valence-corrected chi connectivity index (χ1v) is 14.3. The zero-order valence-corrected chi connectivity index (χ0v) is 23.6. The van der Waals surface area contributed by atoms with E-state index < -0.39 is 41.4 Å². The number of alkyl halides is 5. The van der Waals surface area contributed by atoms with Crippen LogP contribution in [0.15, 0.2) is 47.1 Å². The summed E-state index contributed by atoms with van der Waals surface area (Å²) >= 11 is 0. The summed E-state index contributed by atoms with van der Waals surface area (Å²) in [5, 5.41) is 14.2. The Bertz CT molecular complexity index is 1290. The van der Waals surface area contributed by atoms with Gasteiger partial charge in [-0.05, 0) is 99.4 Å². The van der Waals surface area contributed by atoms with E-state index in [2.05, 4.69) is 5.32 Å². The highest BCUT2D eigenvalue weighted by atomic mass is 19.4. The summed E-state index contributed by atoms with van der Waals surface area (Å²) in [5.41, 5.74) is -0.912. The lowest BCUT2D eigenvalue weighted by Crippen LogP contribution is -2.65. The van der Waals surface area contributed by atoms with Crippen molar-refractivity contribution in [3.8, 4) is 0 Å². The van der Waals surface area contributed by atoms with Gasteiger partial charge in [0.2, 0.25) is 0 Å². The number of carbonyl (C=O) groups excluding carboxylic acids is 2. The number of likely N-dealkylation sites (N-methyl/N-ethyl adjacent to an activating group) is 1. The van der Waals surface area contributed by atoms with Gasteiger partial charge in [-0.15, -0.1) is 0 Å². The van der Waals surface area contributed by atoms with Crippen LogP contribution in [0, 0.1) is 17.3 Å². The molecule has 0 spiro atoms. The third-order valence-electron chi connectivity index (χ3n) is 10.2. The Hall–Kier alpha value is -2.59. The molecular weight excluding hydrogens is 543 g/mol. The summed E-state index contributed by atoms with van der Waals surface area (Å²) in [7, 11) is 3.78. The van der Waals surface area contributed by atoms with Crippen molar-refractivity contribution >= 4 is 11.7 Å². The number of nitrogens with one attached hydrogen (secondary N) is 1. The van der Waals surface area contributed by atoms with Gasteiger partial charge in [-0.3, -0.25) is 9.59 Å². The minimum atomic E-state index is -5.89. The second kappa shape index (κ2) is 10.3. The van der Waals surface area contributed by atoms with Crippen molar-refractivity contribution in [2.24, 2.45) is 17.3 Å². The average Bonchev–Trinajstić information content (AvgIpc) is 3.18. The quantitative estimate of drug-likeness (QED) is 0.417. The van der Waals surface area contributed by atoms with Gasteiger partial charge in [-0.25, -0.2) is 0 Å². The van der Waals surface area contributed by atoms with E-state index in [1.807, 2.05) is 19.0 Å². The van der Waals surface area contributed by atoms with Gasteiger partial charge in [0.25, 0.3) is 5.91 Å². The molecule has 0 aromatic heterocycles. The van der Waals surface area contributed by atoms with Crippen LogP contribution in [0.4, 0.5) is 22.0 Å². The van der Waals surface area contributed by atoms with Crippen LogP contribution in [-0.4, -0.2) is 66.6 Å². The summed E-state index contributed by atoms with van der Waals surface area (Å²) < 4.78 is 71.4. The molecule has 5 atom stereocenters. The molecule has 4 aliphatic carbocycles. The lowest BCUT2D eigenvalue weighted by atomic mass is 9.50. The molecule has 1 aromatic carbocycles. The maximum absolute atomic E-state index is 15.1. The summed E-state index contributed by atoms with van der Waals surface area (Å²) in [6.07, 6.45) is -3.00. The standard InChI is InChI=1S/C31H37F5N2O3/c1-28-17-24(18-4-6-19(7-5-18)27(40)37-14-15-38(2)3)26-22-11-9-21(39)16-20(22)8-10-23(26)25(28)12-13-29(28,41)30(32,33)31(34,35)36/h4-7,16,23-25,41H,8-15,17H2,1-3H3,(H,37,40)/t23-,24+,25-,28-,29-/m0/s1. The van der Waals surface area contributed by atoms with Crippen molar-refractivity contribution < 1.29 is 36.6 Å². The lowest BCUT2D eigenvalue weighted by Gasteiger charge is -2.56. The molecule has 41 heavy (non-hydrogen) atoms. The molecule has 1 aromatic rings. The Morgan fingerprint density at radius 1 is 1.07 bits per heavy atom. The van der Waals surface area contributed by atoms with E-state index in [1.165, 1.54) is 6.92 Å². The largest absolute Gasteiger partial charge is 0.456 e. The number of halogens is 5. The zero-order chi connectivity index (χ0) is 30.0. The van der Waals surface area contributed by atoms with E-state index in [0.29, 0.717) is 49.9 Å². The van der Waals surface area contributed by atoms with Gasteiger partial charge < -0.3 is 15.3 Å². The molecule has 5 nitrogen and oxygen atoms in total. The number of nitrogens with zero attached hydrogens (tertiary/aromatic N) is 1. The van der Waals surface area contributed by atoms with Crippen molar-refractivity contribution in [2.75, 3.05) is 27.2 Å². The zero-order valence-electron chi connectivity index (χ0n) is 23.6. The highest BCUT2D eigenvalue weighted by Gasteiger charge is 2.79. The molecule has 10 heteroatoms. The first kappa shape index (κ1) is 29.9. The molecule has 2 fully saturated rings. The lowest BCUT2D eigenvalue weighted by molar-refractivity contribution is -0.362. The maximum atomic E-state index is 15.1. The number of amides is 1. The Kier molecular flexibility index (Phi) is 7.50. The number of hydrogen-bond acceptors (Lipinski definition) is 4. The minimum Gasteiger partial charge on any atom is -0.383 e. The van der Waals surface area contributed by atoms with E-state index in [4.69, 9.17) is 0 Å². The number of allylic oxidation sites excluding steroid dienone is 4. The van der Waals surface area contributed by atoms with Crippen molar-refractivity contribution in [2.45, 2.75) is 75.5 Å². The summed E-state index contributed by atoms with van der Waals surface area (Å²) in [4.78, 5) is 26.8. The highest BCUT2D eigenvalue weighted by molar-refractivity contribution is 5.94. The number of rotatable bonds is 6. The van der Waals surface area contributed by atoms with E-state index in [1.54, 1.807) is 30.3 Å². The summed E-state index contributed by atoms with van der Waals surface area (Å²) in [5.74, 6) is -6.88. The third-order valence-corrected chi connectivity index (χ3v) is 10.2. The van der Waals surface area contributed by atoms with Crippen LogP contribution in [0.3, 0.4) is 0 Å². The van der Waals surface area contributed by atoms with Gasteiger partial charge in [-0.2, -0.15) is 22.0 Å². The Balaban J connectivity index is 1.57. The smallest absolute Gasteiger partial charge is 0.383 e. The molecule has 0 unspecified atom stereocenters. The van der Waals surface area contributed by atoms with Gasteiger partial charge in [-0.1, -0.05) is 24.6 Å². The topological polar surface area (TPSA) is 69.6 Å². The van der Waals surface area contributed by atoms with Crippen LogP contribution in [0.25, 0.3) is 0 Å². The van der Waals surface area contributed by atoms with Crippen molar-refractivity contribution in [1.29, 1.82) is 0 Å². The number of carbonyl (C=O) groups is 2. The van der Waals surface area contributed by atoms with Gasteiger partial charge in [0.1, 0.15) is 5.60 Å².